The van der Waals surface area contributed by atoms with Crippen LogP contribution in [0.1, 0.15) is 30.4 Å². The van der Waals surface area contributed by atoms with E-state index >= 15 is 0 Å². The minimum atomic E-state index is -3.85. The number of nitrogens with one attached hydrogen (secondary N) is 2. The van der Waals surface area contributed by atoms with Crippen LogP contribution in [0.25, 0.3) is 0 Å². The first-order chi connectivity index (χ1) is 22.3. The van der Waals surface area contributed by atoms with Crippen molar-refractivity contribution in [3.8, 4) is 5.75 Å². The number of methoxy groups -OCH3 is 1. The number of sulfonamides is 1. The molecule has 0 spiro atoms. The van der Waals surface area contributed by atoms with E-state index in [0.717, 1.165) is 69.8 Å². The molecule has 1 unspecified atom stereocenters. The number of para-hydroxylation sites is 1. The number of aliphatic hydroxyl groups is 2. The Morgan fingerprint density at radius 3 is 2.59 bits per heavy atom. The number of fused-ring (bicyclic) bond motifs is 1. The second-order valence-corrected chi connectivity index (χ2v) is 14.4. The molecular weight excluding hydrogens is 630 g/mol. The molecule has 248 valence electrons. The van der Waals surface area contributed by atoms with Crippen molar-refractivity contribution < 1.29 is 23.4 Å². The zero-order valence-corrected chi connectivity index (χ0v) is 27.6. The van der Waals surface area contributed by atoms with Gasteiger partial charge in [0.25, 0.3) is 0 Å². The first-order valence-electron chi connectivity index (χ1n) is 15.9. The predicted octanol–water partition coefficient (Wildman–Crippen LogP) is 3.24. The molecule has 3 heterocycles. The van der Waals surface area contributed by atoms with Gasteiger partial charge in [0.15, 0.2) is 5.82 Å². The number of halogens is 1. The summed E-state index contributed by atoms with van der Waals surface area (Å²) in [5, 5.41) is 25.8. The average molecular weight is 672 g/mol. The number of aliphatic hydroxyl groups excluding tert-OH is 2. The summed E-state index contributed by atoms with van der Waals surface area (Å²) in [6.45, 7) is 5.25. The molecule has 3 aromatic rings. The van der Waals surface area contributed by atoms with Gasteiger partial charge in [0, 0.05) is 51.9 Å². The zero-order valence-electron chi connectivity index (χ0n) is 26.0. The molecule has 1 aliphatic carbocycles. The minimum Gasteiger partial charge on any atom is -0.494 e. The minimum absolute atomic E-state index is 0.0602. The molecule has 6 rings (SSSR count). The molecule has 2 aliphatic heterocycles. The largest absolute Gasteiger partial charge is 0.494 e. The molecular formula is C32H42ClN7O5S. The summed E-state index contributed by atoms with van der Waals surface area (Å²) < 4.78 is 34.1. The molecule has 46 heavy (non-hydrogen) atoms. The lowest BCUT2D eigenvalue weighted by atomic mass is 9.98. The first-order valence-corrected chi connectivity index (χ1v) is 17.7. The summed E-state index contributed by atoms with van der Waals surface area (Å²) in [5.41, 5.74) is 3.53. The van der Waals surface area contributed by atoms with Crippen LogP contribution in [0, 0.1) is 0 Å². The molecule has 2 aromatic carbocycles. The molecule has 0 amide bonds. The number of rotatable bonds is 10. The van der Waals surface area contributed by atoms with Crippen LogP contribution in [0.4, 0.5) is 23.1 Å². The van der Waals surface area contributed by atoms with Crippen LogP contribution in [0.5, 0.6) is 5.75 Å². The monoisotopic (exact) mass is 671 g/mol. The molecule has 12 nitrogen and oxygen atoms in total. The Labute approximate surface area is 275 Å². The van der Waals surface area contributed by atoms with E-state index < -0.39 is 16.1 Å². The Hall–Kier alpha value is -3.04. The molecule has 2 atom stereocenters. The zero-order chi connectivity index (χ0) is 32.3. The first kappa shape index (κ1) is 32.9. The fourth-order valence-electron chi connectivity index (χ4n) is 6.77. The third kappa shape index (κ3) is 7.10. The van der Waals surface area contributed by atoms with Crippen LogP contribution in [0.3, 0.4) is 0 Å². The standard InChI is InChI=1S/C32H42ClN7O5S/c1-45-30-25-6-4-5-23(39-15-13-38(14-16-39)17-18-41)19-22(25)9-10-28(30)36-32-34-20-26(33)31(37-32)35-27-7-2-3-8-29(27)46(43,44)40-12-11-24(42)21-40/h2-3,7-10,20,23-24,41-42H,4-6,11-19,21H2,1H3,(H2,34,35,36,37)/t23?,24-/m0/s1. The van der Waals surface area contributed by atoms with Gasteiger partial charge in [-0.3, -0.25) is 9.80 Å². The van der Waals surface area contributed by atoms with Gasteiger partial charge in [0.1, 0.15) is 15.7 Å². The summed E-state index contributed by atoms with van der Waals surface area (Å²) in [7, 11) is -2.18. The summed E-state index contributed by atoms with van der Waals surface area (Å²) >= 11 is 6.48. The maximum Gasteiger partial charge on any atom is 0.245 e. The van der Waals surface area contributed by atoms with Gasteiger partial charge in [0.05, 0.1) is 37.4 Å². The van der Waals surface area contributed by atoms with E-state index in [1.54, 1.807) is 25.3 Å². The van der Waals surface area contributed by atoms with Crippen LogP contribution in [-0.2, 0) is 22.9 Å². The van der Waals surface area contributed by atoms with E-state index in [-0.39, 0.29) is 41.4 Å². The Morgan fingerprint density at radius 1 is 1.04 bits per heavy atom. The van der Waals surface area contributed by atoms with E-state index in [0.29, 0.717) is 18.2 Å². The number of anilines is 4. The van der Waals surface area contributed by atoms with Crippen molar-refractivity contribution in [2.24, 2.45) is 0 Å². The van der Waals surface area contributed by atoms with E-state index in [9.17, 15) is 18.6 Å². The van der Waals surface area contributed by atoms with Crippen molar-refractivity contribution in [2.75, 3.05) is 70.2 Å². The van der Waals surface area contributed by atoms with E-state index in [4.69, 9.17) is 16.3 Å². The second-order valence-electron chi connectivity index (χ2n) is 12.1. The van der Waals surface area contributed by atoms with Gasteiger partial charge in [-0.05, 0) is 61.4 Å². The second kappa shape index (κ2) is 14.4. The highest BCUT2D eigenvalue weighted by atomic mass is 35.5. The summed E-state index contributed by atoms with van der Waals surface area (Å²) in [6, 6.07) is 11.2. The average Bonchev–Trinajstić information content (AvgIpc) is 3.39. The van der Waals surface area contributed by atoms with Gasteiger partial charge in [-0.15, -0.1) is 0 Å². The van der Waals surface area contributed by atoms with Crippen LogP contribution < -0.4 is 15.4 Å². The number of piperazine rings is 1. The number of aromatic nitrogens is 2. The fraction of sp³-hybridized carbons (Fsp3) is 0.500. The summed E-state index contributed by atoms with van der Waals surface area (Å²) in [6.07, 6.45) is 5.22. The van der Waals surface area contributed by atoms with Gasteiger partial charge >= 0.3 is 0 Å². The van der Waals surface area contributed by atoms with Crippen molar-refractivity contribution in [1.82, 2.24) is 24.1 Å². The predicted molar refractivity (Wildman–Crippen MR) is 178 cm³/mol. The summed E-state index contributed by atoms with van der Waals surface area (Å²) in [4.78, 5) is 14.0. The molecule has 3 aliphatic rings. The van der Waals surface area contributed by atoms with Crippen molar-refractivity contribution in [1.29, 1.82) is 0 Å². The molecule has 0 radical (unpaired) electrons. The molecule has 4 N–H and O–H groups in total. The highest BCUT2D eigenvalue weighted by molar-refractivity contribution is 7.89. The van der Waals surface area contributed by atoms with Gasteiger partial charge in [-0.1, -0.05) is 29.8 Å². The lowest BCUT2D eigenvalue weighted by Crippen LogP contribution is -2.51. The fourth-order valence-corrected chi connectivity index (χ4v) is 8.55. The van der Waals surface area contributed by atoms with Crippen molar-refractivity contribution >= 4 is 44.8 Å². The highest BCUT2D eigenvalue weighted by Crippen LogP contribution is 2.38. The lowest BCUT2D eigenvalue weighted by molar-refractivity contribution is 0.0805. The van der Waals surface area contributed by atoms with Crippen molar-refractivity contribution in [2.45, 2.75) is 49.1 Å². The van der Waals surface area contributed by atoms with Crippen LogP contribution in [0.15, 0.2) is 47.5 Å². The molecule has 0 bridgehead atoms. The van der Waals surface area contributed by atoms with Gasteiger partial charge in [-0.2, -0.15) is 9.29 Å². The number of β-amino-alcohol motifs (C(OH)–C–C–N with tert-alkyl or cyclic N) is 2. The molecule has 2 saturated heterocycles. The number of hydrogen-bond donors (Lipinski definition) is 4. The maximum absolute atomic E-state index is 13.4. The number of ether oxygens (including phenoxy) is 1. The van der Waals surface area contributed by atoms with E-state index in [1.807, 2.05) is 6.07 Å². The molecule has 0 saturated carbocycles. The van der Waals surface area contributed by atoms with Gasteiger partial charge < -0.3 is 25.6 Å². The number of hydrogen-bond acceptors (Lipinski definition) is 11. The SMILES string of the molecule is COc1c(Nc2ncc(Cl)c(Nc3ccccc3S(=O)(=O)N3CC[C@H](O)C3)n2)ccc2c1CCCC(N1CCN(CCO)CC1)C2. The third-order valence-electron chi connectivity index (χ3n) is 9.20. The van der Waals surface area contributed by atoms with E-state index in [1.165, 1.54) is 27.7 Å². The molecule has 14 heteroatoms. The number of nitrogens with zero attached hydrogens (tertiary/aromatic N) is 5. The Bertz CT molecular complexity index is 1640. The number of benzene rings is 2. The summed E-state index contributed by atoms with van der Waals surface area (Å²) in [5.74, 6) is 1.29. The van der Waals surface area contributed by atoms with Crippen LogP contribution in [-0.4, -0.2) is 114 Å². The van der Waals surface area contributed by atoms with Crippen molar-refractivity contribution in [3.63, 3.8) is 0 Å². The maximum atomic E-state index is 13.4. The smallest absolute Gasteiger partial charge is 0.245 e. The third-order valence-corrected chi connectivity index (χ3v) is 11.4. The van der Waals surface area contributed by atoms with E-state index in [2.05, 4.69) is 36.5 Å². The van der Waals surface area contributed by atoms with Gasteiger partial charge in [-0.25, -0.2) is 13.4 Å². The van der Waals surface area contributed by atoms with Crippen LogP contribution in [0.2, 0.25) is 5.02 Å². The van der Waals surface area contributed by atoms with Crippen molar-refractivity contribution in [3.05, 3.63) is 58.7 Å². The Balaban J connectivity index is 1.20. The quantitative estimate of drug-likeness (QED) is 0.236. The molecule has 2 fully saturated rings. The highest BCUT2D eigenvalue weighted by Gasteiger charge is 2.33. The topological polar surface area (TPSA) is 143 Å². The molecule has 1 aromatic heterocycles. The lowest BCUT2D eigenvalue weighted by Gasteiger charge is -2.39. The van der Waals surface area contributed by atoms with Crippen LogP contribution >= 0.6 is 11.6 Å². The Morgan fingerprint density at radius 2 is 1.85 bits per heavy atom. The Kier molecular flexibility index (Phi) is 10.3. The van der Waals surface area contributed by atoms with Gasteiger partial charge in [0.2, 0.25) is 16.0 Å². The normalized spacial score (nSPS) is 21.5.